The topological polar surface area (TPSA) is 75.7 Å². The van der Waals surface area contributed by atoms with Crippen LogP contribution < -0.4 is 10.1 Å². The molecule has 0 bridgehead atoms. The number of carbonyl (C=O) groups excluding carboxylic acids is 1. The normalized spacial score (nSPS) is 18.3. The van der Waals surface area contributed by atoms with Gasteiger partial charge in [-0.3, -0.25) is 4.79 Å². The second kappa shape index (κ2) is 7.88. The predicted octanol–water partition coefficient (Wildman–Crippen LogP) is 3.23. The van der Waals surface area contributed by atoms with Crippen LogP contribution in [0.25, 0.3) is 0 Å². The Morgan fingerprint density at radius 1 is 1.04 bits per heavy atom. The maximum atomic E-state index is 12.6. The molecule has 1 fully saturated rings. The lowest BCUT2D eigenvalue weighted by molar-refractivity contribution is -0.120. The van der Waals surface area contributed by atoms with Crippen LogP contribution in [-0.4, -0.2) is 37.5 Å². The number of ether oxygens (including phenoxy) is 1. The van der Waals surface area contributed by atoms with E-state index in [-0.39, 0.29) is 5.91 Å². The van der Waals surface area contributed by atoms with Crippen molar-refractivity contribution in [3.63, 3.8) is 0 Å². The molecule has 1 N–H and O–H groups in total. The van der Waals surface area contributed by atoms with Gasteiger partial charge in [0.25, 0.3) is 0 Å². The Bertz CT molecular complexity index is 851. The summed E-state index contributed by atoms with van der Waals surface area (Å²) in [6, 6.07) is 15.8. The molecular formula is C19H22N2O4S. The van der Waals surface area contributed by atoms with Gasteiger partial charge in [0.05, 0.1) is 6.26 Å². The number of amides is 1. The molecule has 26 heavy (non-hydrogen) atoms. The number of nitrogens with zero attached hydrogens (tertiary/aromatic N) is 1. The number of nitrogens with one attached hydrogen (secondary N) is 1. The molecule has 3 rings (SSSR count). The predicted molar refractivity (Wildman–Crippen MR) is 101 cm³/mol. The highest BCUT2D eigenvalue weighted by atomic mass is 32.2. The van der Waals surface area contributed by atoms with Crippen molar-refractivity contribution < 1.29 is 17.9 Å². The van der Waals surface area contributed by atoms with Crippen molar-refractivity contribution in [2.45, 2.75) is 25.3 Å². The third-order valence-corrected chi connectivity index (χ3v) is 5.57. The molecule has 0 spiro atoms. The van der Waals surface area contributed by atoms with Crippen LogP contribution >= 0.6 is 0 Å². The number of piperidine rings is 1. The fourth-order valence-corrected chi connectivity index (χ4v) is 4.14. The second-order valence-electron chi connectivity index (χ2n) is 6.31. The highest BCUT2D eigenvalue weighted by Crippen LogP contribution is 2.24. The van der Waals surface area contributed by atoms with Gasteiger partial charge in [-0.05, 0) is 49.2 Å². The first kappa shape index (κ1) is 18.4. The van der Waals surface area contributed by atoms with Crippen molar-refractivity contribution in [1.29, 1.82) is 0 Å². The number of para-hydroxylation sites is 1. The summed E-state index contributed by atoms with van der Waals surface area (Å²) >= 11 is 0. The molecule has 2 aromatic rings. The third-order valence-electron chi connectivity index (χ3n) is 4.28. The third kappa shape index (κ3) is 4.62. The fourth-order valence-electron chi connectivity index (χ4n) is 3.02. The molecule has 1 unspecified atom stereocenters. The van der Waals surface area contributed by atoms with Gasteiger partial charge in [-0.25, -0.2) is 8.42 Å². The minimum atomic E-state index is -3.40. The summed E-state index contributed by atoms with van der Waals surface area (Å²) in [7, 11) is -3.40. The van der Waals surface area contributed by atoms with Crippen LogP contribution in [0.4, 0.5) is 5.69 Å². The Balaban J connectivity index is 1.65. The van der Waals surface area contributed by atoms with Crippen LogP contribution in [0.1, 0.15) is 19.3 Å². The Hall–Kier alpha value is -2.38. The molecule has 6 nitrogen and oxygen atoms in total. The van der Waals surface area contributed by atoms with Crippen molar-refractivity contribution in [2.24, 2.45) is 0 Å². The maximum Gasteiger partial charge on any atom is 0.242 e. The molecule has 1 amide bonds. The molecule has 1 heterocycles. The summed E-state index contributed by atoms with van der Waals surface area (Å²) in [5.74, 6) is 1.09. The van der Waals surface area contributed by atoms with E-state index in [1.165, 1.54) is 4.31 Å². The Labute approximate surface area is 153 Å². The molecule has 0 radical (unpaired) electrons. The van der Waals surface area contributed by atoms with Gasteiger partial charge in [0.2, 0.25) is 15.9 Å². The second-order valence-corrected chi connectivity index (χ2v) is 8.25. The molecule has 0 aliphatic carbocycles. The summed E-state index contributed by atoms with van der Waals surface area (Å²) in [5.41, 5.74) is 0.606. The zero-order chi connectivity index (χ0) is 18.6. The van der Waals surface area contributed by atoms with Crippen LogP contribution in [0.3, 0.4) is 0 Å². The lowest BCUT2D eigenvalue weighted by atomic mass is 10.0. The molecule has 138 valence electrons. The molecule has 1 aliphatic rings. The number of sulfonamides is 1. The molecular weight excluding hydrogens is 352 g/mol. The van der Waals surface area contributed by atoms with Crippen molar-refractivity contribution in [1.82, 2.24) is 4.31 Å². The highest BCUT2D eigenvalue weighted by Gasteiger charge is 2.34. The maximum absolute atomic E-state index is 12.6. The van der Waals surface area contributed by atoms with Gasteiger partial charge in [-0.1, -0.05) is 24.6 Å². The van der Waals surface area contributed by atoms with E-state index in [9.17, 15) is 13.2 Å². The van der Waals surface area contributed by atoms with Crippen LogP contribution in [-0.2, 0) is 14.8 Å². The van der Waals surface area contributed by atoms with Gasteiger partial charge < -0.3 is 10.1 Å². The smallest absolute Gasteiger partial charge is 0.242 e. The molecule has 1 atom stereocenters. The Morgan fingerprint density at radius 3 is 2.35 bits per heavy atom. The van der Waals surface area contributed by atoms with Crippen molar-refractivity contribution >= 4 is 21.6 Å². The van der Waals surface area contributed by atoms with E-state index in [0.717, 1.165) is 24.8 Å². The molecule has 0 aromatic heterocycles. The van der Waals surface area contributed by atoms with Crippen LogP contribution in [0.5, 0.6) is 11.5 Å². The van der Waals surface area contributed by atoms with E-state index < -0.39 is 16.1 Å². The summed E-state index contributed by atoms with van der Waals surface area (Å²) in [6.45, 7) is 0.390. The first-order valence-corrected chi connectivity index (χ1v) is 10.4. The molecule has 1 aliphatic heterocycles. The van der Waals surface area contributed by atoms with Gasteiger partial charge >= 0.3 is 0 Å². The van der Waals surface area contributed by atoms with E-state index in [2.05, 4.69) is 5.32 Å². The quantitative estimate of drug-likeness (QED) is 0.872. The van der Waals surface area contributed by atoms with Crippen LogP contribution in [0.2, 0.25) is 0 Å². The average molecular weight is 374 g/mol. The number of hydrogen-bond acceptors (Lipinski definition) is 4. The first-order valence-electron chi connectivity index (χ1n) is 8.54. The SMILES string of the molecule is CS(=O)(=O)N1CCCCC1C(=O)Nc1ccc(Oc2ccccc2)cc1. The van der Waals surface area contributed by atoms with Gasteiger partial charge in [-0.2, -0.15) is 4.31 Å². The minimum absolute atomic E-state index is 0.299. The lowest BCUT2D eigenvalue weighted by Gasteiger charge is -2.32. The Morgan fingerprint density at radius 2 is 1.69 bits per heavy atom. The Kier molecular flexibility index (Phi) is 5.58. The van der Waals surface area contributed by atoms with E-state index in [1.807, 2.05) is 30.3 Å². The number of hydrogen-bond donors (Lipinski definition) is 1. The van der Waals surface area contributed by atoms with Crippen molar-refractivity contribution in [2.75, 3.05) is 18.1 Å². The van der Waals surface area contributed by atoms with E-state index >= 15 is 0 Å². The zero-order valence-corrected chi connectivity index (χ0v) is 15.4. The average Bonchev–Trinajstić information content (AvgIpc) is 2.63. The molecule has 2 aromatic carbocycles. The number of rotatable bonds is 5. The summed E-state index contributed by atoms with van der Waals surface area (Å²) in [4.78, 5) is 12.6. The van der Waals surface area contributed by atoms with Crippen LogP contribution in [0, 0.1) is 0 Å². The number of anilines is 1. The lowest BCUT2D eigenvalue weighted by Crippen LogP contribution is -2.49. The minimum Gasteiger partial charge on any atom is -0.457 e. The molecule has 1 saturated heterocycles. The van der Waals surface area contributed by atoms with Gasteiger partial charge in [0, 0.05) is 12.2 Å². The van der Waals surface area contributed by atoms with E-state index in [0.29, 0.717) is 24.4 Å². The van der Waals surface area contributed by atoms with Crippen molar-refractivity contribution in [3.05, 3.63) is 54.6 Å². The van der Waals surface area contributed by atoms with E-state index in [1.54, 1.807) is 24.3 Å². The van der Waals surface area contributed by atoms with E-state index in [4.69, 9.17) is 4.74 Å². The summed E-state index contributed by atoms with van der Waals surface area (Å²) < 4.78 is 30.8. The van der Waals surface area contributed by atoms with Gasteiger partial charge in [0.15, 0.2) is 0 Å². The van der Waals surface area contributed by atoms with Gasteiger partial charge in [0.1, 0.15) is 17.5 Å². The zero-order valence-electron chi connectivity index (χ0n) is 14.6. The summed E-state index contributed by atoms with van der Waals surface area (Å²) in [5, 5.41) is 2.80. The molecule has 0 saturated carbocycles. The highest BCUT2D eigenvalue weighted by molar-refractivity contribution is 7.88. The number of carbonyl (C=O) groups is 1. The standard InChI is InChI=1S/C19H22N2O4S/c1-26(23,24)21-14-6-5-9-18(21)19(22)20-15-10-12-17(13-11-15)25-16-7-3-2-4-8-16/h2-4,7-8,10-13,18H,5-6,9,14H2,1H3,(H,20,22). The molecule has 7 heteroatoms. The number of benzene rings is 2. The van der Waals surface area contributed by atoms with Gasteiger partial charge in [-0.15, -0.1) is 0 Å². The fraction of sp³-hybridized carbons (Fsp3) is 0.316. The monoisotopic (exact) mass is 374 g/mol. The van der Waals surface area contributed by atoms with Crippen molar-refractivity contribution in [3.8, 4) is 11.5 Å². The first-order chi connectivity index (χ1) is 12.4. The largest absolute Gasteiger partial charge is 0.457 e. The summed E-state index contributed by atoms with van der Waals surface area (Å²) in [6.07, 6.45) is 3.30. The van der Waals surface area contributed by atoms with Crippen LogP contribution in [0.15, 0.2) is 54.6 Å².